The number of hydrogen-bond donors (Lipinski definition) is 1. The van der Waals surface area contributed by atoms with Gasteiger partial charge in [-0.1, -0.05) is 13.8 Å². The Balaban J connectivity index is 4.29. The monoisotopic (exact) mass is 192 g/mol. The zero-order valence-electron chi connectivity index (χ0n) is 8.63. The van der Waals surface area contributed by atoms with E-state index < -0.39 is 11.9 Å². The van der Waals surface area contributed by atoms with Gasteiger partial charge in [0, 0.05) is 6.61 Å². The third-order valence-electron chi connectivity index (χ3n) is 2.40. The van der Waals surface area contributed by atoms with Crippen molar-refractivity contribution in [3.63, 3.8) is 0 Å². The van der Waals surface area contributed by atoms with Crippen LogP contribution in [0.3, 0.4) is 0 Å². The third-order valence-corrected chi connectivity index (χ3v) is 3.28. The van der Waals surface area contributed by atoms with Gasteiger partial charge in [-0.2, -0.15) is 0 Å². The van der Waals surface area contributed by atoms with Crippen molar-refractivity contribution in [3.8, 4) is 0 Å². The number of ether oxygens (including phenoxy) is 1. The molecule has 0 aromatic carbocycles. The van der Waals surface area contributed by atoms with Crippen LogP contribution in [0.25, 0.3) is 0 Å². The summed E-state index contributed by atoms with van der Waals surface area (Å²) in [6.45, 7) is 8.27. The number of aliphatic hydroxyl groups is 1. The molecule has 0 heterocycles. The van der Waals surface area contributed by atoms with Crippen LogP contribution in [-0.2, 0) is 9.16 Å². The quantitative estimate of drug-likeness (QED) is 0.494. The molecule has 0 aromatic heterocycles. The average molecular weight is 192 g/mol. The Morgan fingerprint density at radius 1 is 1.50 bits per heavy atom. The van der Waals surface area contributed by atoms with E-state index in [-0.39, 0.29) is 5.92 Å². The molecule has 0 spiro atoms. The SMILES string of the molecule is CCOC(O)C(C)(O[SiH3])C(C)C. The summed E-state index contributed by atoms with van der Waals surface area (Å²) in [7, 11) is 0.610. The largest absolute Gasteiger partial charge is 0.417 e. The minimum atomic E-state index is -0.819. The fourth-order valence-corrected chi connectivity index (χ4v) is 1.62. The van der Waals surface area contributed by atoms with E-state index in [1.165, 1.54) is 0 Å². The Bertz CT molecular complexity index is 129. The summed E-state index contributed by atoms with van der Waals surface area (Å²) in [6.07, 6.45) is -0.819. The van der Waals surface area contributed by atoms with E-state index in [4.69, 9.17) is 9.16 Å². The maximum absolute atomic E-state index is 9.61. The van der Waals surface area contributed by atoms with E-state index in [2.05, 4.69) is 0 Å². The lowest BCUT2D eigenvalue weighted by Crippen LogP contribution is -2.47. The van der Waals surface area contributed by atoms with Gasteiger partial charge >= 0.3 is 0 Å². The first-order valence-electron chi connectivity index (χ1n) is 4.33. The normalized spacial score (nSPS) is 19.5. The van der Waals surface area contributed by atoms with Crippen molar-refractivity contribution >= 4 is 10.5 Å². The van der Waals surface area contributed by atoms with E-state index in [0.29, 0.717) is 17.1 Å². The minimum absolute atomic E-state index is 0.247. The van der Waals surface area contributed by atoms with Crippen LogP contribution in [0.5, 0.6) is 0 Å². The van der Waals surface area contributed by atoms with E-state index in [0.717, 1.165) is 0 Å². The zero-order chi connectivity index (χ0) is 9.78. The molecule has 0 aliphatic carbocycles. The molecule has 4 heteroatoms. The molecule has 0 amide bonds. The lowest BCUT2D eigenvalue weighted by Gasteiger charge is -2.36. The predicted octanol–water partition coefficient (Wildman–Crippen LogP) is 0.0530. The number of hydrogen-bond acceptors (Lipinski definition) is 3. The van der Waals surface area contributed by atoms with Gasteiger partial charge in [-0.05, 0) is 19.8 Å². The van der Waals surface area contributed by atoms with E-state index in [1.807, 2.05) is 27.7 Å². The van der Waals surface area contributed by atoms with Crippen LogP contribution in [0, 0.1) is 5.92 Å². The van der Waals surface area contributed by atoms with Crippen molar-refractivity contribution in [1.82, 2.24) is 0 Å². The highest BCUT2D eigenvalue weighted by molar-refractivity contribution is 5.98. The second-order valence-electron chi connectivity index (χ2n) is 3.35. The van der Waals surface area contributed by atoms with Gasteiger partial charge in [0.15, 0.2) is 6.29 Å². The fourth-order valence-electron chi connectivity index (χ4n) is 0.945. The topological polar surface area (TPSA) is 38.7 Å². The maximum Gasteiger partial charge on any atom is 0.182 e. The molecule has 0 rings (SSSR count). The van der Waals surface area contributed by atoms with Crippen molar-refractivity contribution < 1.29 is 14.3 Å². The summed E-state index contributed by atoms with van der Waals surface area (Å²) in [6, 6.07) is 0. The van der Waals surface area contributed by atoms with Crippen molar-refractivity contribution in [1.29, 1.82) is 0 Å². The summed E-state index contributed by atoms with van der Waals surface area (Å²) < 4.78 is 10.5. The van der Waals surface area contributed by atoms with Gasteiger partial charge in [-0.3, -0.25) is 0 Å². The Morgan fingerprint density at radius 2 is 2.00 bits per heavy atom. The predicted molar refractivity (Wildman–Crippen MR) is 51.9 cm³/mol. The molecule has 3 nitrogen and oxygen atoms in total. The average Bonchev–Trinajstić information content (AvgIpc) is 2.03. The van der Waals surface area contributed by atoms with Gasteiger partial charge < -0.3 is 14.3 Å². The van der Waals surface area contributed by atoms with E-state index in [9.17, 15) is 5.11 Å². The smallest absolute Gasteiger partial charge is 0.182 e. The highest BCUT2D eigenvalue weighted by atomic mass is 28.2. The van der Waals surface area contributed by atoms with Gasteiger partial charge in [-0.25, -0.2) is 0 Å². The standard InChI is InChI=1S/C8H20O3Si/c1-5-10-7(9)8(4,11-12)6(2)3/h6-7,9H,5H2,1-4,12H3. The first kappa shape index (κ1) is 12.1. The molecule has 0 saturated heterocycles. The van der Waals surface area contributed by atoms with Crippen molar-refractivity contribution in [3.05, 3.63) is 0 Å². The molecular formula is C8H20O3Si. The van der Waals surface area contributed by atoms with Crippen LogP contribution < -0.4 is 0 Å². The molecule has 0 fully saturated rings. The van der Waals surface area contributed by atoms with E-state index in [1.54, 1.807) is 0 Å². The third kappa shape index (κ3) is 2.55. The van der Waals surface area contributed by atoms with Crippen LogP contribution in [0.15, 0.2) is 0 Å². The Morgan fingerprint density at radius 3 is 2.25 bits per heavy atom. The lowest BCUT2D eigenvalue weighted by atomic mass is 9.92. The Kier molecular flexibility index (Phi) is 5.00. The molecule has 2 atom stereocenters. The van der Waals surface area contributed by atoms with Gasteiger partial charge in [0.1, 0.15) is 16.1 Å². The molecule has 1 N–H and O–H groups in total. The fraction of sp³-hybridized carbons (Fsp3) is 1.00. The number of aliphatic hydroxyl groups excluding tert-OH is 1. The number of rotatable bonds is 5. The summed E-state index contributed by atoms with van der Waals surface area (Å²) in [5, 5.41) is 9.61. The van der Waals surface area contributed by atoms with Crippen molar-refractivity contribution in [2.45, 2.75) is 39.6 Å². The molecular weight excluding hydrogens is 172 g/mol. The van der Waals surface area contributed by atoms with E-state index >= 15 is 0 Å². The minimum Gasteiger partial charge on any atom is -0.417 e. The highest BCUT2D eigenvalue weighted by Crippen LogP contribution is 2.25. The molecule has 0 aromatic rings. The Hall–Kier alpha value is 0.0969. The van der Waals surface area contributed by atoms with Gasteiger partial charge in [0.2, 0.25) is 0 Å². The van der Waals surface area contributed by atoms with Crippen LogP contribution in [-0.4, -0.2) is 34.1 Å². The maximum atomic E-state index is 9.61. The van der Waals surface area contributed by atoms with Gasteiger partial charge in [0.05, 0.1) is 0 Å². The summed E-state index contributed by atoms with van der Waals surface area (Å²) in [5.41, 5.74) is -0.553. The van der Waals surface area contributed by atoms with Crippen LogP contribution in [0.4, 0.5) is 0 Å². The molecule has 0 aliphatic rings. The summed E-state index contributed by atoms with van der Waals surface area (Å²) >= 11 is 0. The molecule has 2 unspecified atom stereocenters. The second-order valence-corrected chi connectivity index (χ2v) is 3.76. The first-order valence-corrected chi connectivity index (χ1v) is 5.15. The zero-order valence-corrected chi connectivity index (χ0v) is 10.6. The highest BCUT2D eigenvalue weighted by Gasteiger charge is 2.36. The molecule has 74 valence electrons. The first-order chi connectivity index (χ1) is 5.49. The van der Waals surface area contributed by atoms with Gasteiger partial charge in [0.25, 0.3) is 0 Å². The van der Waals surface area contributed by atoms with Crippen LogP contribution in [0.2, 0.25) is 0 Å². The van der Waals surface area contributed by atoms with Crippen LogP contribution in [0.1, 0.15) is 27.7 Å². The lowest BCUT2D eigenvalue weighted by molar-refractivity contribution is -0.206. The molecule has 0 saturated carbocycles. The van der Waals surface area contributed by atoms with Gasteiger partial charge in [-0.15, -0.1) is 0 Å². The molecule has 12 heavy (non-hydrogen) atoms. The van der Waals surface area contributed by atoms with Crippen molar-refractivity contribution in [2.75, 3.05) is 6.61 Å². The summed E-state index contributed by atoms with van der Waals surface area (Å²) in [5.74, 6) is 0.247. The molecule has 0 bridgehead atoms. The van der Waals surface area contributed by atoms with Crippen molar-refractivity contribution in [2.24, 2.45) is 5.92 Å². The Labute approximate surface area is 77.6 Å². The van der Waals surface area contributed by atoms with Crippen LogP contribution >= 0.6 is 0 Å². The molecule has 0 aliphatic heterocycles. The molecule has 0 radical (unpaired) electrons. The second kappa shape index (κ2) is 4.96. The summed E-state index contributed by atoms with van der Waals surface area (Å²) in [4.78, 5) is 0.